The molecule has 1 aliphatic heterocycles. The van der Waals surface area contributed by atoms with E-state index in [4.69, 9.17) is 11.6 Å². The molecule has 0 radical (unpaired) electrons. The quantitative estimate of drug-likeness (QED) is 0.392. The minimum atomic E-state index is -4.41. The van der Waals surface area contributed by atoms with E-state index in [-0.39, 0.29) is 11.5 Å². The van der Waals surface area contributed by atoms with Crippen molar-refractivity contribution < 1.29 is 18.0 Å². The Hall–Kier alpha value is -3.59. The second kappa shape index (κ2) is 8.32. The Labute approximate surface area is 196 Å². The minimum absolute atomic E-state index is 0.256. The van der Waals surface area contributed by atoms with Crippen LogP contribution in [0.25, 0.3) is 16.6 Å². The Morgan fingerprint density at radius 2 is 1.74 bits per heavy atom. The molecule has 0 aliphatic carbocycles. The van der Waals surface area contributed by atoms with Gasteiger partial charge in [0.2, 0.25) is 0 Å². The van der Waals surface area contributed by atoms with Crippen molar-refractivity contribution >= 4 is 39.7 Å². The van der Waals surface area contributed by atoms with Crippen LogP contribution in [0, 0.1) is 0 Å². The lowest BCUT2D eigenvalue weighted by Crippen LogP contribution is -2.48. The molecule has 0 N–H and O–H groups in total. The number of amides is 1. The number of halogens is 4. The van der Waals surface area contributed by atoms with Crippen molar-refractivity contribution in [3.8, 4) is 0 Å². The van der Waals surface area contributed by atoms with E-state index in [1.54, 1.807) is 41.3 Å². The van der Waals surface area contributed by atoms with Gasteiger partial charge in [0.1, 0.15) is 5.65 Å². The van der Waals surface area contributed by atoms with Gasteiger partial charge in [-0.15, -0.1) is 0 Å². The second-order valence-corrected chi connectivity index (χ2v) is 8.49. The number of benzene rings is 2. The molecule has 0 bridgehead atoms. The smallest absolute Gasteiger partial charge is 0.368 e. The van der Waals surface area contributed by atoms with Crippen molar-refractivity contribution in [2.45, 2.75) is 6.18 Å². The Balaban J connectivity index is 1.36. The lowest BCUT2D eigenvalue weighted by Gasteiger charge is -2.36. The molecule has 2 aromatic carbocycles. The van der Waals surface area contributed by atoms with Crippen LogP contribution < -0.4 is 10.5 Å². The normalized spacial score (nSPS) is 14.7. The zero-order chi connectivity index (χ0) is 24.0. The highest BCUT2D eigenvalue weighted by Crippen LogP contribution is 2.32. The van der Waals surface area contributed by atoms with E-state index in [9.17, 15) is 22.8 Å². The molecule has 6 nitrogen and oxygen atoms in total. The third kappa shape index (κ3) is 4.07. The highest BCUT2D eigenvalue weighted by atomic mass is 35.5. The molecule has 1 aliphatic rings. The molecule has 1 saturated heterocycles. The SMILES string of the molecule is O=C(c1ccc2nc3cc(Cl)ccc3c(=O)n2c1)N1CCN(c2cccc(C(F)(F)F)c2)CC1. The van der Waals surface area contributed by atoms with Crippen LogP contribution in [0.15, 0.2) is 65.6 Å². The Morgan fingerprint density at radius 3 is 2.47 bits per heavy atom. The summed E-state index contributed by atoms with van der Waals surface area (Å²) >= 11 is 6.00. The number of carbonyl (C=O) groups is 1. The summed E-state index contributed by atoms with van der Waals surface area (Å²) in [5.74, 6) is -0.256. The van der Waals surface area contributed by atoms with Gasteiger partial charge in [0, 0.05) is 43.1 Å². The van der Waals surface area contributed by atoms with Crippen LogP contribution >= 0.6 is 11.6 Å². The van der Waals surface area contributed by atoms with E-state index in [1.165, 1.54) is 16.7 Å². The number of pyridine rings is 1. The molecule has 3 heterocycles. The first-order valence-corrected chi connectivity index (χ1v) is 10.9. The van der Waals surface area contributed by atoms with Crippen molar-refractivity contribution in [3.05, 3.63) is 87.3 Å². The van der Waals surface area contributed by atoms with E-state index in [2.05, 4.69) is 4.98 Å². The molecule has 4 aromatic rings. The Morgan fingerprint density at radius 1 is 0.971 bits per heavy atom. The third-order valence-electron chi connectivity index (χ3n) is 5.92. The predicted molar refractivity (Wildman–Crippen MR) is 124 cm³/mol. The Bertz CT molecular complexity index is 1480. The van der Waals surface area contributed by atoms with Crippen molar-refractivity contribution in [2.75, 3.05) is 31.1 Å². The first kappa shape index (κ1) is 22.2. The maximum Gasteiger partial charge on any atom is 0.416 e. The summed E-state index contributed by atoms with van der Waals surface area (Å²) in [6.45, 7) is 1.48. The molecule has 0 saturated carbocycles. The standard InChI is InChI=1S/C24H18ClF3N4O2/c25-17-5-6-19-20(13-17)29-21-7-4-15(14-32(21)23(19)34)22(33)31-10-8-30(9-11-31)18-3-1-2-16(12-18)24(26,27)28/h1-7,12-14H,8-11H2. The molecule has 0 unspecified atom stereocenters. The molecule has 5 rings (SSSR count). The maximum atomic E-state index is 13.1. The molecular formula is C24H18ClF3N4O2. The van der Waals surface area contributed by atoms with Crippen LogP contribution in [0.4, 0.5) is 18.9 Å². The summed E-state index contributed by atoms with van der Waals surface area (Å²) < 4.78 is 40.4. The average molecular weight is 487 g/mol. The van der Waals surface area contributed by atoms with Crippen LogP contribution in [0.3, 0.4) is 0 Å². The number of piperazine rings is 1. The van der Waals surface area contributed by atoms with Gasteiger partial charge in [-0.25, -0.2) is 4.98 Å². The van der Waals surface area contributed by atoms with Crippen molar-refractivity contribution in [1.82, 2.24) is 14.3 Å². The second-order valence-electron chi connectivity index (χ2n) is 8.05. The van der Waals surface area contributed by atoms with Gasteiger partial charge >= 0.3 is 6.18 Å². The van der Waals surface area contributed by atoms with Crippen molar-refractivity contribution in [3.63, 3.8) is 0 Å². The van der Waals surface area contributed by atoms with E-state index in [0.717, 1.165) is 12.1 Å². The highest BCUT2D eigenvalue weighted by Gasteiger charge is 2.31. The fourth-order valence-corrected chi connectivity index (χ4v) is 4.30. The summed E-state index contributed by atoms with van der Waals surface area (Å²) in [4.78, 5) is 33.9. The summed E-state index contributed by atoms with van der Waals surface area (Å²) in [5, 5.41) is 0.862. The maximum absolute atomic E-state index is 13.1. The minimum Gasteiger partial charge on any atom is -0.368 e. The van der Waals surface area contributed by atoms with Gasteiger partial charge in [0.15, 0.2) is 0 Å². The number of nitrogens with zero attached hydrogens (tertiary/aromatic N) is 4. The van der Waals surface area contributed by atoms with Gasteiger partial charge in [-0.3, -0.25) is 14.0 Å². The first-order chi connectivity index (χ1) is 16.2. The summed E-state index contributed by atoms with van der Waals surface area (Å²) in [5.41, 5.74) is 0.664. The topological polar surface area (TPSA) is 57.9 Å². The van der Waals surface area contributed by atoms with Gasteiger partial charge in [0.05, 0.1) is 22.0 Å². The number of hydrogen-bond donors (Lipinski definition) is 0. The monoisotopic (exact) mass is 486 g/mol. The van der Waals surface area contributed by atoms with Gasteiger partial charge < -0.3 is 9.80 Å². The molecule has 2 aromatic heterocycles. The van der Waals surface area contributed by atoms with E-state index in [1.807, 2.05) is 4.90 Å². The molecule has 0 spiro atoms. The number of alkyl halides is 3. The van der Waals surface area contributed by atoms with Crippen LogP contribution in [0.1, 0.15) is 15.9 Å². The molecule has 34 heavy (non-hydrogen) atoms. The van der Waals surface area contributed by atoms with Gasteiger partial charge in [-0.2, -0.15) is 13.2 Å². The Kier molecular flexibility index (Phi) is 5.44. The zero-order valence-electron chi connectivity index (χ0n) is 17.7. The fraction of sp³-hybridized carbons (Fsp3) is 0.208. The van der Waals surface area contributed by atoms with Gasteiger partial charge in [-0.05, 0) is 48.5 Å². The van der Waals surface area contributed by atoms with E-state index in [0.29, 0.717) is 59.0 Å². The molecule has 1 amide bonds. The van der Waals surface area contributed by atoms with Crippen molar-refractivity contribution in [1.29, 1.82) is 0 Å². The van der Waals surface area contributed by atoms with E-state index >= 15 is 0 Å². The van der Waals surface area contributed by atoms with E-state index < -0.39 is 11.7 Å². The molecule has 0 atom stereocenters. The first-order valence-electron chi connectivity index (χ1n) is 10.5. The zero-order valence-corrected chi connectivity index (χ0v) is 18.5. The number of carbonyl (C=O) groups excluding carboxylic acids is 1. The number of rotatable bonds is 2. The fourth-order valence-electron chi connectivity index (χ4n) is 4.13. The molecule has 10 heteroatoms. The summed E-state index contributed by atoms with van der Waals surface area (Å²) in [6.07, 6.45) is -2.94. The molecule has 1 fully saturated rings. The highest BCUT2D eigenvalue weighted by molar-refractivity contribution is 6.31. The lowest BCUT2D eigenvalue weighted by atomic mass is 10.1. The van der Waals surface area contributed by atoms with Crippen molar-refractivity contribution in [2.24, 2.45) is 0 Å². The summed E-state index contributed by atoms with van der Waals surface area (Å²) in [6, 6.07) is 13.2. The number of aromatic nitrogens is 2. The molecule has 174 valence electrons. The largest absolute Gasteiger partial charge is 0.416 e. The lowest BCUT2D eigenvalue weighted by molar-refractivity contribution is -0.137. The van der Waals surface area contributed by atoms with Crippen LogP contribution in [-0.2, 0) is 6.18 Å². The number of hydrogen-bond acceptors (Lipinski definition) is 4. The average Bonchev–Trinajstić information content (AvgIpc) is 2.83. The molecular weight excluding hydrogens is 469 g/mol. The predicted octanol–water partition coefficient (Wildman–Crippen LogP) is 4.48. The van der Waals surface area contributed by atoms with Gasteiger partial charge in [0.25, 0.3) is 11.5 Å². The third-order valence-corrected chi connectivity index (χ3v) is 6.16. The van der Waals surface area contributed by atoms with Crippen LogP contribution in [0.5, 0.6) is 0 Å². The van der Waals surface area contributed by atoms with Crippen LogP contribution in [-0.4, -0.2) is 46.4 Å². The summed E-state index contributed by atoms with van der Waals surface area (Å²) in [7, 11) is 0. The number of fused-ring (bicyclic) bond motifs is 2. The van der Waals surface area contributed by atoms with Crippen LogP contribution in [0.2, 0.25) is 5.02 Å². The number of anilines is 1. The van der Waals surface area contributed by atoms with Gasteiger partial charge in [-0.1, -0.05) is 17.7 Å².